The second-order valence-electron chi connectivity index (χ2n) is 7.73. The molecule has 0 fully saturated rings. The van der Waals surface area contributed by atoms with Gasteiger partial charge in [0.15, 0.2) is 17.3 Å². The Morgan fingerprint density at radius 2 is 1.71 bits per heavy atom. The van der Waals surface area contributed by atoms with Crippen LogP contribution in [0.15, 0.2) is 71.6 Å². The van der Waals surface area contributed by atoms with Gasteiger partial charge in [0, 0.05) is 17.3 Å². The zero-order valence-corrected chi connectivity index (χ0v) is 19.4. The van der Waals surface area contributed by atoms with Gasteiger partial charge in [0.25, 0.3) is 15.9 Å². The summed E-state index contributed by atoms with van der Waals surface area (Å²) in [6.45, 7) is 2.55. The molecule has 0 saturated carbocycles. The number of amides is 1. The number of anilines is 2. The van der Waals surface area contributed by atoms with Crippen LogP contribution in [0.2, 0.25) is 0 Å². The van der Waals surface area contributed by atoms with Gasteiger partial charge in [-0.2, -0.15) is 5.10 Å². The molecule has 2 heterocycles. The lowest BCUT2D eigenvalue weighted by Gasteiger charge is -2.19. The van der Waals surface area contributed by atoms with Crippen molar-refractivity contribution in [2.24, 2.45) is 0 Å². The Hall–Kier alpha value is -4.38. The van der Waals surface area contributed by atoms with Crippen LogP contribution in [-0.4, -0.2) is 42.7 Å². The number of carbonyl (C=O) groups excluding carboxylic acids is 1. The van der Waals surface area contributed by atoms with E-state index in [-0.39, 0.29) is 16.1 Å². The summed E-state index contributed by atoms with van der Waals surface area (Å²) in [5, 5.41) is 9.69. The van der Waals surface area contributed by atoms with Crippen LogP contribution in [0.3, 0.4) is 0 Å². The summed E-state index contributed by atoms with van der Waals surface area (Å²) in [6.07, 6.45) is 0. The Balaban J connectivity index is 1.34. The molecule has 0 unspecified atom stereocenters. The molecule has 0 bridgehead atoms. The van der Waals surface area contributed by atoms with Crippen LogP contribution < -0.4 is 19.5 Å². The van der Waals surface area contributed by atoms with Gasteiger partial charge in [0.05, 0.1) is 16.1 Å². The van der Waals surface area contributed by atoms with Crippen LogP contribution in [0.25, 0.3) is 11.4 Å². The van der Waals surface area contributed by atoms with Crippen molar-refractivity contribution >= 4 is 27.3 Å². The molecule has 1 aliphatic heterocycles. The third-order valence-corrected chi connectivity index (χ3v) is 6.60. The molecule has 0 saturated heterocycles. The third-order valence-electron chi connectivity index (χ3n) is 5.24. The summed E-state index contributed by atoms with van der Waals surface area (Å²) in [6, 6.07) is 17.8. The fourth-order valence-corrected chi connectivity index (χ4v) is 4.63. The average molecular weight is 492 g/mol. The van der Waals surface area contributed by atoms with E-state index in [2.05, 4.69) is 25.2 Å². The molecule has 1 aromatic heterocycles. The quantitative estimate of drug-likeness (QED) is 0.375. The fraction of sp³-hybridized carbons (Fsp3) is 0.125. The number of hydrogen-bond donors (Lipinski definition) is 3. The molecule has 0 aliphatic carbocycles. The van der Waals surface area contributed by atoms with E-state index in [1.165, 1.54) is 18.2 Å². The summed E-state index contributed by atoms with van der Waals surface area (Å²) >= 11 is 0. The number of carbonyl (C=O) groups is 1. The fourth-order valence-electron chi connectivity index (χ4n) is 3.54. The summed E-state index contributed by atoms with van der Waals surface area (Å²) < 4.78 is 39.5. The number of sulfonamides is 1. The lowest BCUT2D eigenvalue weighted by molar-refractivity contribution is 0.102. The van der Waals surface area contributed by atoms with E-state index < -0.39 is 15.9 Å². The topological polar surface area (TPSA) is 135 Å². The first-order valence-corrected chi connectivity index (χ1v) is 12.2. The number of hydrogen-bond acceptors (Lipinski definition) is 7. The van der Waals surface area contributed by atoms with Gasteiger partial charge in [-0.1, -0.05) is 12.1 Å². The van der Waals surface area contributed by atoms with Gasteiger partial charge >= 0.3 is 0 Å². The number of nitrogens with one attached hydrogen (secondary N) is 3. The van der Waals surface area contributed by atoms with Crippen molar-refractivity contribution in [3.8, 4) is 22.9 Å². The molecular formula is C24H21N5O5S. The summed E-state index contributed by atoms with van der Waals surface area (Å²) in [4.78, 5) is 17.3. The Morgan fingerprint density at radius 3 is 2.46 bits per heavy atom. The molecule has 178 valence electrons. The number of ether oxygens (including phenoxy) is 2. The Bertz CT molecular complexity index is 1500. The van der Waals surface area contributed by atoms with Crippen molar-refractivity contribution in [2.45, 2.75) is 11.8 Å². The smallest absolute Gasteiger partial charge is 0.262 e. The number of H-pyrrole nitrogens is 1. The molecule has 1 amide bonds. The molecular weight excluding hydrogens is 470 g/mol. The first-order chi connectivity index (χ1) is 16.9. The van der Waals surface area contributed by atoms with E-state index in [4.69, 9.17) is 9.47 Å². The van der Waals surface area contributed by atoms with Crippen molar-refractivity contribution in [1.29, 1.82) is 0 Å². The molecule has 11 heteroatoms. The number of aromatic amines is 1. The third kappa shape index (κ3) is 4.80. The maximum Gasteiger partial charge on any atom is 0.262 e. The largest absolute Gasteiger partial charge is 0.486 e. The Kier molecular flexibility index (Phi) is 5.83. The summed E-state index contributed by atoms with van der Waals surface area (Å²) in [5.74, 6) is 1.63. The van der Waals surface area contributed by atoms with Gasteiger partial charge in [-0.25, -0.2) is 13.4 Å². The number of fused-ring (bicyclic) bond motifs is 1. The maximum atomic E-state index is 13.0. The molecule has 3 N–H and O–H groups in total. The number of aromatic nitrogens is 3. The normalized spacial score (nSPS) is 12.7. The van der Waals surface area contributed by atoms with E-state index in [1.54, 1.807) is 48.5 Å². The maximum absolute atomic E-state index is 13.0. The average Bonchev–Trinajstić information content (AvgIpc) is 3.30. The number of rotatable bonds is 6. The first-order valence-electron chi connectivity index (χ1n) is 10.7. The van der Waals surface area contributed by atoms with Crippen molar-refractivity contribution < 1.29 is 22.7 Å². The van der Waals surface area contributed by atoms with Crippen molar-refractivity contribution in [3.05, 3.63) is 78.1 Å². The van der Waals surface area contributed by atoms with Crippen molar-refractivity contribution in [2.75, 3.05) is 23.3 Å². The second kappa shape index (κ2) is 9.11. The highest BCUT2D eigenvalue weighted by Gasteiger charge is 2.22. The Labute approximate surface area is 201 Å². The summed E-state index contributed by atoms with van der Waals surface area (Å²) in [7, 11) is -3.99. The van der Waals surface area contributed by atoms with Crippen molar-refractivity contribution in [3.63, 3.8) is 0 Å². The lowest BCUT2D eigenvalue weighted by atomic mass is 10.1. The number of para-hydroxylation sites is 1. The second-order valence-corrected chi connectivity index (χ2v) is 9.41. The minimum absolute atomic E-state index is 0.00485. The number of nitrogens with zero attached hydrogens (tertiary/aromatic N) is 2. The highest BCUT2D eigenvalue weighted by Crippen LogP contribution is 2.33. The number of benzene rings is 3. The zero-order valence-electron chi connectivity index (χ0n) is 18.6. The molecule has 0 atom stereocenters. The molecule has 5 rings (SSSR count). The van der Waals surface area contributed by atoms with E-state index in [9.17, 15) is 13.2 Å². The molecule has 3 aromatic carbocycles. The Morgan fingerprint density at radius 1 is 0.971 bits per heavy atom. The van der Waals surface area contributed by atoms with Gasteiger partial charge < -0.3 is 14.8 Å². The van der Waals surface area contributed by atoms with Gasteiger partial charge in [-0.15, -0.1) is 0 Å². The van der Waals surface area contributed by atoms with Crippen LogP contribution in [-0.2, 0) is 10.0 Å². The van der Waals surface area contributed by atoms with Crippen LogP contribution >= 0.6 is 0 Å². The predicted octanol–water partition coefficient (Wildman–Crippen LogP) is 3.60. The minimum Gasteiger partial charge on any atom is -0.486 e. The molecule has 1 aliphatic rings. The zero-order chi connectivity index (χ0) is 24.4. The van der Waals surface area contributed by atoms with E-state index in [0.29, 0.717) is 42.0 Å². The van der Waals surface area contributed by atoms with Gasteiger partial charge in [0.1, 0.15) is 19.0 Å². The molecule has 0 radical (unpaired) electrons. The SMILES string of the molecule is Cc1nc(-c2ccc(NC(=O)c3ccccc3NS(=O)(=O)c3ccc4c(c3)OCCO4)cc2)n[nH]1. The van der Waals surface area contributed by atoms with E-state index in [0.717, 1.165) is 5.56 Å². The molecule has 0 spiro atoms. The van der Waals surface area contributed by atoms with Gasteiger partial charge in [-0.05, 0) is 55.5 Å². The van der Waals surface area contributed by atoms with Crippen LogP contribution in [0, 0.1) is 6.92 Å². The van der Waals surface area contributed by atoms with E-state index in [1.807, 2.05) is 6.92 Å². The highest BCUT2D eigenvalue weighted by molar-refractivity contribution is 7.92. The predicted molar refractivity (Wildman–Crippen MR) is 129 cm³/mol. The van der Waals surface area contributed by atoms with Gasteiger partial charge in [-0.3, -0.25) is 14.6 Å². The van der Waals surface area contributed by atoms with Crippen LogP contribution in [0.1, 0.15) is 16.2 Å². The van der Waals surface area contributed by atoms with Crippen LogP contribution in [0.5, 0.6) is 11.5 Å². The van der Waals surface area contributed by atoms with Crippen molar-refractivity contribution in [1.82, 2.24) is 15.2 Å². The monoisotopic (exact) mass is 491 g/mol. The minimum atomic E-state index is -3.99. The molecule has 10 nitrogen and oxygen atoms in total. The standard InChI is InChI=1S/C24H21N5O5S/c1-15-25-23(28-27-15)16-6-8-17(9-7-16)26-24(30)19-4-2-3-5-20(19)29-35(31,32)18-10-11-21-22(14-18)34-13-12-33-21/h2-11,14,29H,12-13H2,1H3,(H,26,30)(H,25,27,28). The number of aryl methyl sites for hydroxylation is 1. The van der Waals surface area contributed by atoms with E-state index >= 15 is 0 Å². The highest BCUT2D eigenvalue weighted by atomic mass is 32.2. The van der Waals surface area contributed by atoms with Gasteiger partial charge in [0.2, 0.25) is 0 Å². The summed E-state index contributed by atoms with van der Waals surface area (Å²) in [5.41, 5.74) is 1.64. The molecule has 4 aromatic rings. The molecule has 35 heavy (non-hydrogen) atoms. The van der Waals surface area contributed by atoms with Crippen LogP contribution in [0.4, 0.5) is 11.4 Å². The first kappa shape index (κ1) is 22.4. The lowest BCUT2D eigenvalue weighted by Crippen LogP contribution is -2.19.